The molecule has 0 radical (unpaired) electrons. The molecular formula is C21H23NO6S2. The number of allylic oxidation sites excluding steroid dienone is 6. The normalized spacial score (nSPS) is 18.2. The quantitative estimate of drug-likeness (QED) is 0.534. The van der Waals surface area contributed by atoms with Gasteiger partial charge in [0.15, 0.2) is 0 Å². The molecule has 0 bridgehead atoms. The van der Waals surface area contributed by atoms with Gasteiger partial charge in [0, 0.05) is 29.2 Å². The molecule has 2 N–H and O–H groups in total. The topological polar surface area (TPSA) is 112 Å². The maximum absolute atomic E-state index is 12.0. The van der Waals surface area contributed by atoms with Crippen molar-refractivity contribution >= 4 is 36.7 Å². The molecule has 0 fully saturated rings. The highest BCUT2D eigenvalue weighted by Crippen LogP contribution is 2.50. The van der Waals surface area contributed by atoms with Crippen molar-refractivity contribution in [3.05, 3.63) is 65.9 Å². The van der Waals surface area contributed by atoms with Crippen LogP contribution in [0.4, 0.5) is 5.69 Å². The first-order chi connectivity index (χ1) is 13.8. The Morgan fingerprint density at radius 3 is 2.17 bits per heavy atom. The van der Waals surface area contributed by atoms with E-state index in [0.29, 0.717) is 10.9 Å². The zero-order valence-corrected chi connectivity index (χ0v) is 18.6. The van der Waals surface area contributed by atoms with Crippen LogP contribution in [0.5, 0.6) is 0 Å². The van der Waals surface area contributed by atoms with Crippen LogP contribution < -0.4 is 4.90 Å². The Labute approximate surface area is 176 Å². The van der Waals surface area contributed by atoms with Crippen molar-refractivity contribution in [1.82, 2.24) is 0 Å². The first-order valence-corrected chi connectivity index (χ1v) is 12.0. The minimum Gasteiger partial charge on any atom is -0.347 e. The SMILES string of the molecule is C/C=C/C=C/C=C1/N(C)c2ccc3c(S(=O)(=O)O)cc(S(=O)(=O)O)cc3c2C1(C)C. The lowest BCUT2D eigenvalue weighted by molar-refractivity contribution is 0.482. The molecule has 0 atom stereocenters. The van der Waals surface area contributed by atoms with Gasteiger partial charge in [-0.05, 0) is 42.1 Å². The highest BCUT2D eigenvalue weighted by Gasteiger charge is 2.40. The van der Waals surface area contributed by atoms with Crippen molar-refractivity contribution in [2.24, 2.45) is 0 Å². The first kappa shape index (κ1) is 22.2. The second-order valence-electron chi connectivity index (χ2n) is 7.57. The van der Waals surface area contributed by atoms with E-state index in [1.807, 2.05) is 63.1 Å². The molecule has 1 aliphatic heterocycles. The van der Waals surface area contributed by atoms with Crippen LogP contribution in [0.3, 0.4) is 0 Å². The Kier molecular flexibility index (Phi) is 5.44. The van der Waals surface area contributed by atoms with Gasteiger partial charge in [-0.2, -0.15) is 16.8 Å². The second kappa shape index (κ2) is 7.35. The van der Waals surface area contributed by atoms with Gasteiger partial charge in [-0.25, -0.2) is 0 Å². The van der Waals surface area contributed by atoms with Crippen molar-refractivity contribution in [3.63, 3.8) is 0 Å². The predicted molar refractivity (Wildman–Crippen MR) is 117 cm³/mol. The van der Waals surface area contributed by atoms with Crippen LogP contribution in [0.15, 0.2) is 70.1 Å². The summed E-state index contributed by atoms with van der Waals surface area (Å²) in [4.78, 5) is 0.779. The maximum Gasteiger partial charge on any atom is 0.295 e. The molecule has 2 aromatic carbocycles. The standard InChI is InChI=1S/C21H23NO6S2/c1-5-6-7-8-9-19-21(2,3)20-16-12-14(29(23,24)25)13-18(30(26,27)28)15(16)10-11-17(20)22(19)4/h5-13H,1-4H3,(H,23,24,25)(H,26,27,28)/b6-5+,8-7+,19-9+. The van der Waals surface area contributed by atoms with Gasteiger partial charge in [0.2, 0.25) is 0 Å². The summed E-state index contributed by atoms with van der Waals surface area (Å²) in [6.45, 7) is 5.79. The van der Waals surface area contributed by atoms with E-state index in [9.17, 15) is 25.9 Å². The van der Waals surface area contributed by atoms with Crippen molar-refractivity contribution in [1.29, 1.82) is 0 Å². The van der Waals surface area contributed by atoms with E-state index in [1.54, 1.807) is 6.07 Å². The fourth-order valence-corrected chi connectivity index (χ4v) is 5.32. The van der Waals surface area contributed by atoms with E-state index >= 15 is 0 Å². The number of nitrogens with zero attached hydrogens (tertiary/aromatic N) is 1. The zero-order valence-electron chi connectivity index (χ0n) is 17.0. The minimum absolute atomic E-state index is 0.177. The summed E-state index contributed by atoms with van der Waals surface area (Å²) in [6.07, 6.45) is 9.48. The van der Waals surface area contributed by atoms with Gasteiger partial charge in [-0.15, -0.1) is 0 Å². The molecule has 2 aromatic rings. The molecule has 0 amide bonds. The lowest BCUT2D eigenvalue weighted by Gasteiger charge is -2.24. The third kappa shape index (κ3) is 3.69. The molecule has 3 rings (SSSR count). The summed E-state index contributed by atoms with van der Waals surface area (Å²) >= 11 is 0. The van der Waals surface area contributed by atoms with E-state index in [4.69, 9.17) is 0 Å². The summed E-state index contributed by atoms with van der Waals surface area (Å²) < 4.78 is 66.7. The third-order valence-electron chi connectivity index (χ3n) is 5.28. The monoisotopic (exact) mass is 449 g/mol. The van der Waals surface area contributed by atoms with Gasteiger partial charge in [-0.1, -0.05) is 44.2 Å². The number of fused-ring (bicyclic) bond motifs is 3. The van der Waals surface area contributed by atoms with E-state index in [1.165, 1.54) is 12.1 Å². The summed E-state index contributed by atoms with van der Waals surface area (Å²) in [5, 5.41) is 0.503. The van der Waals surface area contributed by atoms with E-state index in [-0.39, 0.29) is 5.39 Å². The predicted octanol–water partition coefficient (Wildman–Crippen LogP) is 4.08. The molecule has 0 unspecified atom stereocenters. The third-order valence-corrected chi connectivity index (χ3v) is 7.01. The van der Waals surface area contributed by atoms with Crippen LogP contribution >= 0.6 is 0 Å². The fraction of sp³-hybridized carbons (Fsp3) is 0.238. The van der Waals surface area contributed by atoms with Crippen LogP contribution in [0, 0.1) is 0 Å². The number of benzene rings is 2. The van der Waals surface area contributed by atoms with Crippen LogP contribution in [0.1, 0.15) is 26.3 Å². The highest BCUT2D eigenvalue weighted by molar-refractivity contribution is 7.86. The fourth-order valence-electron chi connectivity index (χ4n) is 3.98. The zero-order chi connectivity index (χ0) is 22.5. The van der Waals surface area contributed by atoms with Gasteiger partial charge in [0.1, 0.15) is 4.90 Å². The maximum atomic E-state index is 12.0. The van der Waals surface area contributed by atoms with Crippen LogP contribution in [-0.4, -0.2) is 33.0 Å². The molecule has 160 valence electrons. The van der Waals surface area contributed by atoms with E-state index < -0.39 is 35.4 Å². The molecule has 1 heterocycles. The molecule has 0 aliphatic carbocycles. The van der Waals surface area contributed by atoms with Crippen molar-refractivity contribution in [2.75, 3.05) is 11.9 Å². The lowest BCUT2D eigenvalue weighted by Crippen LogP contribution is -2.22. The molecule has 0 spiro atoms. The molecular weight excluding hydrogens is 426 g/mol. The first-order valence-electron chi connectivity index (χ1n) is 9.10. The summed E-state index contributed by atoms with van der Waals surface area (Å²) in [6, 6.07) is 5.27. The van der Waals surface area contributed by atoms with Gasteiger partial charge in [0.25, 0.3) is 20.2 Å². The molecule has 9 heteroatoms. The summed E-state index contributed by atoms with van der Waals surface area (Å²) in [5.74, 6) is 0. The van der Waals surface area contributed by atoms with E-state index in [0.717, 1.165) is 17.5 Å². The molecule has 30 heavy (non-hydrogen) atoms. The molecule has 7 nitrogen and oxygen atoms in total. The average molecular weight is 450 g/mol. The average Bonchev–Trinajstić information content (AvgIpc) is 2.82. The van der Waals surface area contributed by atoms with Crippen LogP contribution in [0.2, 0.25) is 0 Å². The number of anilines is 1. The van der Waals surface area contributed by atoms with Crippen LogP contribution in [0.25, 0.3) is 10.8 Å². The second-order valence-corrected chi connectivity index (χ2v) is 10.4. The smallest absolute Gasteiger partial charge is 0.295 e. The Bertz CT molecular complexity index is 1330. The van der Waals surface area contributed by atoms with Gasteiger partial charge >= 0.3 is 0 Å². The summed E-state index contributed by atoms with van der Waals surface area (Å²) in [5.41, 5.74) is 1.77. The Balaban J connectivity index is 2.43. The highest BCUT2D eigenvalue weighted by atomic mass is 32.2. The van der Waals surface area contributed by atoms with Crippen molar-refractivity contribution in [2.45, 2.75) is 36.0 Å². The number of likely N-dealkylation sites (N-methyl/N-ethyl adjacent to an activating group) is 1. The molecule has 0 saturated heterocycles. The largest absolute Gasteiger partial charge is 0.347 e. The number of rotatable bonds is 4. The number of hydrogen-bond acceptors (Lipinski definition) is 5. The van der Waals surface area contributed by atoms with Crippen molar-refractivity contribution in [3.8, 4) is 0 Å². The van der Waals surface area contributed by atoms with Crippen molar-refractivity contribution < 1.29 is 25.9 Å². The lowest BCUT2D eigenvalue weighted by atomic mass is 9.81. The minimum atomic E-state index is -4.74. The van der Waals surface area contributed by atoms with Gasteiger partial charge in [-0.3, -0.25) is 9.11 Å². The Morgan fingerprint density at radius 1 is 0.933 bits per heavy atom. The number of hydrogen-bond donors (Lipinski definition) is 2. The molecule has 0 saturated carbocycles. The molecule has 0 aromatic heterocycles. The van der Waals surface area contributed by atoms with E-state index in [2.05, 4.69) is 0 Å². The van der Waals surface area contributed by atoms with Crippen LogP contribution in [-0.2, 0) is 25.7 Å². The Hall–Kier alpha value is -2.46. The summed E-state index contributed by atoms with van der Waals surface area (Å²) in [7, 11) is -7.57. The van der Waals surface area contributed by atoms with Gasteiger partial charge in [0.05, 0.1) is 4.90 Å². The molecule has 1 aliphatic rings. The Morgan fingerprint density at radius 2 is 1.60 bits per heavy atom. The van der Waals surface area contributed by atoms with Gasteiger partial charge < -0.3 is 4.90 Å².